The van der Waals surface area contributed by atoms with Crippen LogP contribution in [0.5, 0.6) is 0 Å². The van der Waals surface area contributed by atoms with Crippen LogP contribution in [-0.4, -0.2) is 22.2 Å². The van der Waals surface area contributed by atoms with Crippen molar-refractivity contribution in [2.75, 3.05) is 6.54 Å². The molecule has 110 valence electrons. The number of halogens is 1. The zero-order chi connectivity index (χ0) is 14.8. The summed E-state index contributed by atoms with van der Waals surface area (Å²) in [4.78, 5) is 4.19. The average molecular weight is 278 g/mol. The molecular formula is C16H23FN2O. The van der Waals surface area contributed by atoms with Gasteiger partial charge >= 0.3 is 0 Å². The van der Waals surface area contributed by atoms with Gasteiger partial charge in [0.25, 0.3) is 0 Å². The van der Waals surface area contributed by atoms with E-state index in [2.05, 4.69) is 16.4 Å². The minimum absolute atomic E-state index is 0.0888. The van der Waals surface area contributed by atoms with Crippen molar-refractivity contribution < 1.29 is 9.50 Å². The molecule has 0 saturated carbocycles. The first-order valence-electron chi connectivity index (χ1n) is 7.15. The van der Waals surface area contributed by atoms with Crippen LogP contribution in [0.15, 0.2) is 18.3 Å². The molecule has 2 rings (SSSR count). The highest BCUT2D eigenvalue weighted by atomic mass is 19.1. The van der Waals surface area contributed by atoms with Crippen LogP contribution >= 0.6 is 0 Å². The number of hydrogen-bond donors (Lipinski definition) is 2. The molecule has 0 fully saturated rings. The SMILES string of the molecule is CC(C)(C)NC[C@H](O)c1cc(F)cnc1C1=CCCC1. The Bertz CT molecular complexity index is 506. The first-order chi connectivity index (χ1) is 9.37. The normalized spacial score (nSPS) is 17.1. The summed E-state index contributed by atoms with van der Waals surface area (Å²) < 4.78 is 13.5. The second-order valence-electron chi connectivity index (χ2n) is 6.36. The van der Waals surface area contributed by atoms with Gasteiger partial charge in [-0.05, 0) is 51.7 Å². The van der Waals surface area contributed by atoms with E-state index in [0.717, 1.165) is 30.5 Å². The molecule has 1 aliphatic carbocycles. The molecule has 4 heteroatoms. The van der Waals surface area contributed by atoms with E-state index in [4.69, 9.17) is 0 Å². The third-order valence-corrected chi connectivity index (χ3v) is 3.41. The van der Waals surface area contributed by atoms with Gasteiger partial charge in [0.15, 0.2) is 0 Å². The van der Waals surface area contributed by atoms with Gasteiger partial charge in [-0.2, -0.15) is 0 Å². The van der Waals surface area contributed by atoms with Crippen molar-refractivity contribution in [3.8, 4) is 0 Å². The van der Waals surface area contributed by atoms with Gasteiger partial charge in [0.2, 0.25) is 0 Å². The number of aliphatic hydroxyl groups is 1. The molecule has 0 bridgehead atoms. The van der Waals surface area contributed by atoms with E-state index >= 15 is 0 Å². The molecule has 0 amide bonds. The number of aromatic nitrogens is 1. The van der Waals surface area contributed by atoms with Gasteiger partial charge in [-0.15, -0.1) is 0 Å². The average Bonchev–Trinajstić information content (AvgIpc) is 2.88. The van der Waals surface area contributed by atoms with Crippen molar-refractivity contribution in [2.45, 2.75) is 51.7 Å². The lowest BCUT2D eigenvalue weighted by Gasteiger charge is -2.24. The highest BCUT2D eigenvalue weighted by Crippen LogP contribution is 2.31. The summed E-state index contributed by atoms with van der Waals surface area (Å²) in [5.41, 5.74) is 2.35. The number of pyridine rings is 1. The van der Waals surface area contributed by atoms with Gasteiger partial charge in [0.05, 0.1) is 18.0 Å². The third kappa shape index (κ3) is 3.87. The minimum Gasteiger partial charge on any atom is -0.387 e. The maximum Gasteiger partial charge on any atom is 0.141 e. The standard InChI is InChI=1S/C16H23FN2O/c1-16(2,3)19-10-14(20)13-8-12(17)9-18-15(13)11-6-4-5-7-11/h6,8-9,14,19-20H,4-5,7,10H2,1-3H3/t14-/m0/s1. The Morgan fingerprint density at radius 2 is 2.20 bits per heavy atom. The quantitative estimate of drug-likeness (QED) is 0.889. The van der Waals surface area contributed by atoms with E-state index in [1.807, 2.05) is 20.8 Å². The summed E-state index contributed by atoms with van der Waals surface area (Å²) in [7, 11) is 0. The molecule has 2 N–H and O–H groups in total. The van der Waals surface area contributed by atoms with Crippen LogP contribution in [0.25, 0.3) is 5.57 Å². The molecule has 1 aromatic rings. The second-order valence-corrected chi connectivity index (χ2v) is 6.36. The molecule has 1 aromatic heterocycles. The van der Waals surface area contributed by atoms with E-state index in [1.165, 1.54) is 12.3 Å². The van der Waals surface area contributed by atoms with E-state index < -0.39 is 11.9 Å². The lowest BCUT2D eigenvalue weighted by atomic mass is 10.00. The number of β-amino-alcohol motifs (C(OH)–C–C–N with tert-alkyl or cyclic N) is 1. The molecule has 20 heavy (non-hydrogen) atoms. The van der Waals surface area contributed by atoms with Gasteiger partial charge in [-0.3, -0.25) is 4.98 Å². The van der Waals surface area contributed by atoms with Crippen LogP contribution in [0.2, 0.25) is 0 Å². The highest BCUT2D eigenvalue weighted by molar-refractivity contribution is 5.67. The molecule has 0 aromatic carbocycles. The van der Waals surface area contributed by atoms with E-state index in [9.17, 15) is 9.50 Å². The summed E-state index contributed by atoms with van der Waals surface area (Å²) in [6.45, 7) is 6.48. The van der Waals surface area contributed by atoms with Gasteiger partial charge in [0, 0.05) is 17.6 Å². The van der Waals surface area contributed by atoms with Crippen molar-refractivity contribution >= 4 is 5.57 Å². The van der Waals surface area contributed by atoms with Crippen LogP contribution in [0, 0.1) is 5.82 Å². The number of aliphatic hydroxyl groups excluding tert-OH is 1. The van der Waals surface area contributed by atoms with Gasteiger partial charge in [0.1, 0.15) is 5.82 Å². The smallest absolute Gasteiger partial charge is 0.141 e. The van der Waals surface area contributed by atoms with Crippen LogP contribution < -0.4 is 5.32 Å². The number of nitrogens with one attached hydrogen (secondary N) is 1. The summed E-state index contributed by atoms with van der Waals surface area (Å²) in [6.07, 6.45) is 5.68. The number of rotatable bonds is 4. The number of hydrogen-bond acceptors (Lipinski definition) is 3. The van der Waals surface area contributed by atoms with Crippen LogP contribution in [0.3, 0.4) is 0 Å². The number of allylic oxidation sites excluding steroid dienone is 2. The van der Waals surface area contributed by atoms with Gasteiger partial charge in [-0.25, -0.2) is 4.39 Å². The lowest BCUT2D eigenvalue weighted by molar-refractivity contribution is 0.162. The lowest BCUT2D eigenvalue weighted by Crippen LogP contribution is -2.38. The Kier molecular flexibility index (Phi) is 4.55. The Hall–Kier alpha value is -1.26. The number of nitrogens with zero attached hydrogens (tertiary/aromatic N) is 1. The molecule has 0 aliphatic heterocycles. The zero-order valence-corrected chi connectivity index (χ0v) is 12.4. The fourth-order valence-corrected chi connectivity index (χ4v) is 2.38. The summed E-state index contributed by atoms with van der Waals surface area (Å²) >= 11 is 0. The summed E-state index contributed by atoms with van der Waals surface area (Å²) in [5, 5.41) is 13.6. The Morgan fingerprint density at radius 1 is 1.45 bits per heavy atom. The van der Waals surface area contributed by atoms with Crippen LogP contribution in [0.4, 0.5) is 4.39 Å². The van der Waals surface area contributed by atoms with Crippen LogP contribution in [0.1, 0.15) is 57.4 Å². The van der Waals surface area contributed by atoms with E-state index in [1.54, 1.807) is 0 Å². The van der Waals surface area contributed by atoms with Crippen molar-refractivity contribution in [3.05, 3.63) is 35.4 Å². The zero-order valence-electron chi connectivity index (χ0n) is 12.4. The first kappa shape index (κ1) is 15.1. The predicted molar refractivity (Wildman–Crippen MR) is 78.7 cm³/mol. The van der Waals surface area contributed by atoms with Crippen LogP contribution in [-0.2, 0) is 0 Å². The van der Waals surface area contributed by atoms with Gasteiger partial charge in [-0.1, -0.05) is 6.08 Å². The van der Waals surface area contributed by atoms with E-state index in [-0.39, 0.29) is 5.54 Å². The largest absolute Gasteiger partial charge is 0.387 e. The Morgan fingerprint density at radius 3 is 2.80 bits per heavy atom. The van der Waals surface area contributed by atoms with Crippen molar-refractivity contribution in [2.24, 2.45) is 0 Å². The molecule has 3 nitrogen and oxygen atoms in total. The fraction of sp³-hybridized carbons (Fsp3) is 0.562. The molecule has 0 unspecified atom stereocenters. The molecule has 1 atom stereocenters. The molecule has 0 saturated heterocycles. The van der Waals surface area contributed by atoms with Crippen molar-refractivity contribution in [3.63, 3.8) is 0 Å². The monoisotopic (exact) mass is 278 g/mol. The fourth-order valence-electron chi connectivity index (χ4n) is 2.38. The molecule has 0 radical (unpaired) electrons. The predicted octanol–water partition coefficient (Wildman–Crippen LogP) is 3.21. The molecular weight excluding hydrogens is 255 g/mol. The van der Waals surface area contributed by atoms with Crippen molar-refractivity contribution in [1.82, 2.24) is 10.3 Å². The topological polar surface area (TPSA) is 45.1 Å². The van der Waals surface area contributed by atoms with Gasteiger partial charge < -0.3 is 10.4 Å². The molecule has 0 spiro atoms. The Labute approximate surface area is 119 Å². The van der Waals surface area contributed by atoms with E-state index in [0.29, 0.717) is 12.1 Å². The maximum atomic E-state index is 13.5. The Balaban J connectivity index is 2.22. The van der Waals surface area contributed by atoms with Crippen molar-refractivity contribution in [1.29, 1.82) is 0 Å². The maximum absolute atomic E-state index is 13.5. The summed E-state index contributed by atoms with van der Waals surface area (Å²) in [5.74, 6) is -0.405. The second kappa shape index (κ2) is 6.02. The molecule has 1 aliphatic rings. The minimum atomic E-state index is -0.756. The third-order valence-electron chi connectivity index (χ3n) is 3.41. The first-order valence-corrected chi connectivity index (χ1v) is 7.15. The molecule has 1 heterocycles. The highest BCUT2D eigenvalue weighted by Gasteiger charge is 2.20. The summed E-state index contributed by atoms with van der Waals surface area (Å²) in [6, 6.07) is 1.40.